The zero-order chi connectivity index (χ0) is 23.9. The average Bonchev–Trinajstić information content (AvgIpc) is 3.31. The first-order chi connectivity index (χ1) is 16.6. The van der Waals surface area contributed by atoms with Crippen molar-refractivity contribution in [3.8, 4) is 11.5 Å². The van der Waals surface area contributed by atoms with Crippen LogP contribution in [0.15, 0.2) is 35.8 Å². The summed E-state index contributed by atoms with van der Waals surface area (Å²) < 4.78 is 19.3. The molecule has 0 amide bonds. The van der Waals surface area contributed by atoms with Gasteiger partial charge in [-0.05, 0) is 56.7 Å². The number of allylic oxidation sites excluding steroid dienone is 1. The number of hydrogen-bond acceptors (Lipinski definition) is 7. The summed E-state index contributed by atoms with van der Waals surface area (Å²) >= 11 is 0. The number of hydrogen-bond donors (Lipinski definition) is 1. The summed E-state index contributed by atoms with van der Waals surface area (Å²) in [6.07, 6.45) is 11.3. The van der Waals surface area contributed by atoms with E-state index in [0.717, 1.165) is 49.8 Å². The molecule has 0 bridgehead atoms. The van der Waals surface area contributed by atoms with E-state index in [2.05, 4.69) is 22.3 Å². The molecule has 1 saturated carbocycles. The quantitative estimate of drug-likeness (QED) is 0.368. The Hall–Kier alpha value is -3.03. The molecule has 1 N–H and O–H groups in total. The molecule has 1 aliphatic heterocycles. The minimum atomic E-state index is -0.470. The Labute approximate surface area is 201 Å². The molecule has 184 valence electrons. The molecule has 2 aliphatic rings. The summed E-state index contributed by atoms with van der Waals surface area (Å²) in [7, 11) is 1.63. The molecule has 0 saturated heterocycles. The van der Waals surface area contributed by atoms with Crippen molar-refractivity contribution in [1.82, 2.24) is 14.8 Å². The highest BCUT2D eigenvalue weighted by Gasteiger charge is 2.36. The monoisotopic (exact) mass is 468 g/mol. The molecule has 1 fully saturated rings. The summed E-state index contributed by atoms with van der Waals surface area (Å²) in [5, 5.41) is 7.62. The second kappa shape index (κ2) is 11.4. The number of esters is 1. The van der Waals surface area contributed by atoms with Gasteiger partial charge < -0.3 is 19.5 Å². The molecule has 1 aromatic heterocycles. The molecule has 2 aromatic rings. The molecule has 1 aliphatic carbocycles. The number of nitrogens with zero attached hydrogens (tertiary/aromatic N) is 3. The van der Waals surface area contributed by atoms with Gasteiger partial charge in [0.25, 0.3) is 0 Å². The van der Waals surface area contributed by atoms with Crippen LogP contribution in [0.3, 0.4) is 0 Å². The van der Waals surface area contributed by atoms with Gasteiger partial charge in [-0.25, -0.2) is 9.48 Å². The Morgan fingerprint density at radius 1 is 1.15 bits per heavy atom. The van der Waals surface area contributed by atoms with Crippen molar-refractivity contribution in [3.05, 3.63) is 41.4 Å². The highest BCUT2D eigenvalue weighted by molar-refractivity contribution is 5.92. The standard InChI is InChI=1S/C26H36N4O4/c1-4-5-6-10-15-33-21-14-13-19(16-22(21)32-3)24-23(18(2)29-26-27-17-28-30(24)26)25(31)34-20-11-8-7-9-12-20/h13-14,16-17,20,24H,4-12,15H2,1-3H3,(H,27,28,29). The Kier molecular flexibility index (Phi) is 8.08. The Bertz CT molecular complexity index is 1010. The van der Waals surface area contributed by atoms with E-state index in [1.54, 1.807) is 11.8 Å². The molecule has 4 rings (SSSR count). The minimum absolute atomic E-state index is 0.0302. The Morgan fingerprint density at radius 3 is 2.74 bits per heavy atom. The van der Waals surface area contributed by atoms with Crippen LogP contribution in [0.25, 0.3) is 0 Å². The molecule has 2 heterocycles. The van der Waals surface area contributed by atoms with Gasteiger partial charge in [-0.15, -0.1) is 0 Å². The normalized spacial score (nSPS) is 18.3. The van der Waals surface area contributed by atoms with E-state index in [-0.39, 0.29) is 12.1 Å². The predicted octanol–water partition coefficient (Wildman–Crippen LogP) is 5.41. The molecule has 1 aromatic carbocycles. The van der Waals surface area contributed by atoms with E-state index < -0.39 is 6.04 Å². The minimum Gasteiger partial charge on any atom is -0.493 e. The van der Waals surface area contributed by atoms with E-state index in [1.807, 2.05) is 25.1 Å². The summed E-state index contributed by atoms with van der Waals surface area (Å²) in [5.74, 6) is 1.61. The number of ether oxygens (including phenoxy) is 3. The number of nitrogens with one attached hydrogen (secondary N) is 1. The third-order valence-corrected chi connectivity index (χ3v) is 6.60. The maximum atomic E-state index is 13.4. The fourth-order valence-corrected chi connectivity index (χ4v) is 4.75. The summed E-state index contributed by atoms with van der Waals surface area (Å²) in [5.41, 5.74) is 2.12. The van der Waals surface area contributed by atoms with Crippen molar-refractivity contribution < 1.29 is 19.0 Å². The van der Waals surface area contributed by atoms with E-state index in [9.17, 15) is 4.79 Å². The molecule has 34 heavy (non-hydrogen) atoms. The highest BCUT2D eigenvalue weighted by Crippen LogP contribution is 2.39. The van der Waals surface area contributed by atoms with Gasteiger partial charge in [0, 0.05) is 5.70 Å². The lowest BCUT2D eigenvalue weighted by Crippen LogP contribution is -2.32. The topological polar surface area (TPSA) is 87.5 Å². The van der Waals surface area contributed by atoms with E-state index >= 15 is 0 Å². The van der Waals surface area contributed by atoms with E-state index in [4.69, 9.17) is 14.2 Å². The van der Waals surface area contributed by atoms with Gasteiger partial charge in [-0.3, -0.25) is 0 Å². The average molecular weight is 469 g/mol. The van der Waals surface area contributed by atoms with Crippen LogP contribution in [0.5, 0.6) is 11.5 Å². The summed E-state index contributed by atoms with van der Waals surface area (Å²) in [4.78, 5) is 17.7. The van der Waals surface area contributed by atoms with Crippen molar-refractivity contribution in [3.63, 3.8) is 0 Å². The number of benzene rings is 1. The fraction of sp³-hybridized carbons (Fsp3) is 0.577. The third kappa shape index (κ3) is 5.37. The first-order valence-corrected chi connectivity index (χ1v) is 12.5. The summed E-state index contributed by atoms with van der Waals surface area (Å²) in [6.45, 7) is 4.72. The van der Waals surface area contributed by atoms with Crippen LogP contribution in [0.2, 0.25) is 0 Å². The van der Waals surface area contributed by atoms with Gasteiger partial charge in [0.2, 0.25) is 5.95 Å². The second-order valence-electron chi connectivity index (χ2n) is 9.08. The van der Waals surface area contributed by atoms with Crippen LogP contribution >= 0.6 is 0 Å². The van der Waals surface area contributed by atoms with Gasteiger partial charge in [0.05, 0.1) is 19.3 Å². The number of anilines is 1. The van der Waals surface area contributed by atoms with Crippen LogP contribution in [0.4, 0.5) is 5.95 Å². The zero-order valence-corrected chi connectivity index (χ0v) is 20.5. The highest BCUT2D eigenvalue weighted by atomic mass is 16.5. The van der Waals surface area contributed by atoms with Gasteiger partial charge in [0.15, 0.2) is 11.5 Å². The maximum absolute atomic E-state index is 13.4. The molecular weight excluding hydrogens is 432 g/mol. The number of carbonyl (C=O) groups excluding carboxylic acids is 1. The van der Waals surface area contributed by atoms with Gasteiger partial charge in [-0.2, -0.15) is 10.1 Å². The van der Waals surface area contributed by atoms with Crippen molar-refractivity contribution in [1.29, 1.82) is 0 Å². The largest absolute Gasteiger partial charge is 0.493 e. The van der Waals surface area contributed by atoms with Crippen LogP contribution in [0.1, 0.15) is 83.2 Å². The number of unbranched alkanes of at least 4 members (excludes halogenated alkanes) is 3. The van der Waals surface area contributed by atoms with Crippen molar-refractivity contribution >= 4 is 11.9 Å². The SMILES string of the molecule is CCCCCCOc1ccc(C2C(C(=O)OC3CCCCC3)=C(C)Nc3ncnn32)cc1OC. The first-order valence-electron chi connectivity index (χ1n) is 12.5. The van der Waals surface area contributed by atoms with Crippen LogP contribution in [0, 0.1) is 0 Å². The predicted molar refractivity (Wildman–Crippen MR) is 130 cm³/mol. The summed E-state index contributed by atoms with van der Waals surface area (Å²) in [6, 6.07) is 5.32. The van der Waals surface area contributed by atoms with Crippen molar-refractivity contribution in [2.75, 3.05) is 19.0 Å². The van der Waals surface area contributed by atoms with E-state index in [1.165, 1.54) is 25.6 Å². The maximum Gasteiger partial charge on any atom is 0.338 e. The van der Waals surface area contributed by atoms with Crippen molar-refractivity contribution in [2.45, 2.75) is 83.8 Å². The lowest BCUT2D eigenvalue weighted by molar-refractivity contribution is -0.146. The van der Waals surface area contributed by atoms with Crippen LogP contribution in [-0.2, 0) is 9.53 Å². The molecule has 0 radical (unpaired) electrons. The molecule has 8 nitrogen and oxygen atoms in total. The van der Waals surface area contributed by atoms with Crippen molar-refractivity contribution in [2.24, 2.45) is 0 Å². The molecule has 8 heteroatoms. The van der Waals surface area contributed by atoms with Gasteiger partial charge in [0.1, 0.15) is 18.5 Å². The van der Waals surface area contributed by atoms with E-state index in [0.29, 0.717) is 29.6 Å². The number of fused-ring (bicyclic) bond motifs is 1. The Balaban J connectivity index is 1.60. The van der Waals surface area contributed by atoms with Crippen LogP contribution < -0.4 is 14.8 Å². The van der Waals surface area contributed by atoms with Gasteiger partial charge in [-0.1, -0.05) is 38.7 Å². The third-order valence-electron chi connectivity index (χ3n) is 6.60. The van der Waals surface area contributed by atoms with Gasteiger partial charge >= 0.3 is 5.97 Å². The number of aromatic nitrogens is 3. The zero-order valence-electron chi connectivity index (χ0n) is 20.5. The Morgan fingerprint density at radius 2 is 1.97 bits per heavy atom. The molecule has 0 spiro atoms. The first kappa shape index (κ1) is 24.1. The second-order valence-corrected chi connectivity index (χ2v) is 9.08. The molecular formula is C26H36N4O4. The lowest BCUT2D eigenvalue weighted by atomic mass is 9.94. The molecule has 1 unspecified atom stereocenters. The van der Waals surface area contributed by atoms with Crippen LogP contribution in [-0.4, -0.2) is 40.6 Å². The number of methoxy groups -OCH3 is 1. The number of carbonyl (C=O) groups is 1. The number of rotatable bonds is 10. The smallest absolute Gasteiger partial charge is 0.338 e. The lowest BCUT2D eigenvalue weighted by Gasteiger charge is -2.30. The fourth-order valence-electron chi connectivity index (χ4n) is 4.75. The molecule has 1 atom stereocenters.